The van der Waals surface area contributed by atoms with Crippen molar-refractivity contribution >= 4 is 5.91 Å². The van der Waals surface area contributed by atoms with Crippen LogP contribution in [0.4, 0.5) is 0 Å². The fraction of sp³-hybridized carbons (Fsp3) is 0.533. The van der Waals surface area contributed by atoms with Gasteiger partial charge in [-0.1, -0.05) is 12.1 Å². The molecule has 0 aliphatic heterocycles. The molecular weight excluding hydrogens is 256 g/mol. The maximum absolute atomic E-state index is 11.6. The number of ether oxygens (including phenoxy) is 1. The van der Waals surface area contributed by atoms with E-state index in [1.165, 1.54) is 0 Å². The average molecular weight is 280 g/mol. The molecule has 0 bridgehead atoms. The minimum Gasteiger partial charge on any atom is -0.497 e. The van der Waals surface area contributed by atoms with Crippen molar-refractivity contribution in [2.75, 3.05) is 27.7 Å². The Morgan fingerprint density at radius 2 is 2.15 bits per heavy atom. The molecule has 0 spiro atoms. The van der Waals surface area contributed by atoms with Gasteiger partial charge in [-0.15, -0.1) is 0 Å². The molecule has 112 valence electrons. The largest absolute Gasteiger partial charge is 0.497 e. The molecule has 0 heterocycles. The number of hydrogen-bond donors (Lipinski definition) is 2. The van der Waals surface area contributed by atoms with E-state index in [1.807, 2.05) is 31.2 Å². The van der Waals surface area contributed by atoms with Crippen molar-refractivity contribution in [1.82, 2.24) is 10.2 Å². The second-order valence-electron chi connectivity index (χ2n) is 5.09. The number of benzene rings is 1. The maximum Gasteiger partial charge on any atom is 0.223 e. The summed E-state index contributed by atoms with van der Waals surface area (Å²) in [5, 5.41) is 13.3. The summed E-state index contributed by atoms with van der Waals surface area (Å²) in [6.07, 6.45) is -0.209. The number of hydrogen-bond acceptors (Lipinski definition) is 4. The zero-order valence-electron chi connectivity index (χ0n) is 12.6. The molecule has 0 fully saturated rings. The van der Waals surface area contributed by atoms with Gasteiger partial charge in [0.2, 0.25) is 5.91 Å². The molecule has 0 saturated heterocycles. The van der Waals surface area contributed by atoms with Crippen LogP contribution in [0.1, 0.15) is 25.0 Å². The number of aliphatic hydroxyl groups excluding tert-OH is 1. The van der Waals surface area contributed by atoms with Crippen LogP contribution in [0.15, 0.2) is 24.3 Å². The SMILES string of the molecule is COc1cccc(C(O)CNC(C)CC(=O)N(C)C)c1. The Kier molecular flexibility index (Phi) is 6.48. The Labute approximate surface area is 120 Å². The lowest BCUT2D eigenvalue weighted by molar-refractivity contribution is -0.129. The fourth-order valence-corrected chi connectivity index (χ4v) is 1.80. The number of amides is 1. The predicted molar refractivity (Wildman–Crippen MR) is 78.7 cm³/mol. The van der Waals surface area contributed by atoms with Crippen molar-refractivity contribution in [3.63, 3.8) is 0 Å². The summed E-state index contributed by atoms with van der Waals surface area (Å²) in [5.74, 6) is 0.790. The normalized spacial score (nSPS) is 13.7. The molecule has 2 unspecified atom stereocenters. The number of nitrogens with one attached hydrogen (secondary N) is 1. The highest BCUT2D eigenvalue weighted by molar-refractivity contribution is 5.76. The number of carbonyl (C=O) groups excluding carboxylic acids is 1. The van der Waals surface area contributed by atoms with Crippen LogP contribution in [0.3, 0.4) is 0 Å². The Hall–Kier alpha value is -1.59. The number of rotatable bonds is 7. The third-order valence-corrected chi connectivity index (χ3v) is 3.12. The average Bonchev–Trinajstić information content (AvgIpc) is 2.44. The predicted octanol–water partition coefficient (Wildman–Crippen LogP) is 1.18. The van der Waals surface area contributed by atoms with Crippen molar-refractivity contribution in [2.24, 2.45) is 0 Å². The van der Waals surface area contributed by atoms with Crippen molar-refractivity contribution in [1.29, 1.82) is 0 Å². The minimum atomic E-state index is -0.623. The van der Waals surface area contributed by atoms with E-state index in [2.05, 4.69) is 5.32 Å². The summed E-state index contributed by atoms with van der Waals surface area (Å²) in [7, 11) is 5.07. The molecule has 2 N–H and O–H groups in total. The summed E-state index contributed by atoms with van der Waals surface area (Å²) < 4.78 is 5.13. The van der Waals surface area contributed by atoms with Gasteiger partial charge in [0, 0.05) is 33.1 Å². The van der Waals surface area contributed by atoms with Crippen molar-refractivity contribution in [3.05, 3.63) is 29.8 Å². The number of methoxy groups -OCH3 is 1. The Bertz CT molecular complexity index is 435. The van der Waals surface area contributed by atoms with Gasteiger partial charge in [-0.25, -0.2) is 0 Å². The van der Waals surface area contributed by atoms with Crippen LogP contribution in [-0.2, 0) is 4.79 Å². The first-order valence-electron chi connectivity index (χ1n) is 6.69. The monoisotopic (exact) mass is 280 g/mol. The lowest BCUT2D eigenvalue weighted by atomic mass is 10.1. The van der Waals surface area contributed by atoms with Crippen LogP contribution in [0.25, 0.3) is 0 Å². The molecule has 0 aliphatic carbocycles. The number of aliphatic hydroxyl groups is 1. The summed E-state index contributed by atoms with van der Waals surface area (Å²) in [4.78, 5) is 13.1. The molecule has 0 saturated carbocycles. The molecule has 2 atom stereocenters. The van der Waals surface area contributed by atoms with E-state index in [-0.39, 0.29) is 11.9 Å². The Balaban J connectivity index is 2.46. The topological polar surface area (TPSA) is 61.8 Å². The molecule has 1 aromatic rings. The van der Waals surface area contributed by atoms with Crippen LogP contribution >= 0.6 is 0 Å². The van der Waals surface area contributed by atoms with Gasteiger partial charge in [0.25, 0.3) is 0 Å². The van der Waals surface area contributed by atoms with Gasteiger partial charge in [-0.05, 0) is 24.6 Å². The Morgan fingerprint density at radius 3 is 2.75 bits per heavy atom. The number of nitrogens with zero attached hydrogens (tertiary/aromatic N) is 1. The van der Waals surface area contributed by atoms with Crippen LogP contribution in [0, 0.1) is 0 Å². The molecular formula is C15H24N2O3. The van der Waals surface area contributed by atoms with Gasteiger partial charge in [0.15, 0.2) is 0 Å². The third kappa shape index (κ3) is 5.19. The highest BCUT2D eigenvalue weighted by Gasteiger charge is 2.13. The van der Waals surface area contributed by atoms with E-state index >= 15 is 0 Å². The van der Waals surface area contributed by atoms with Crippen LogP contribution in [0.2, 0.25) is 0 Å². The van der Waals surface area contributed by atoms with Crippen LogP contribution in [0.5, 0.6) is 5.75 Å². The van der Waals surface area contributed by atoms with Gasteiger partial charge in [-0.2, -0.15) is 0 Å². The van der Waals surface area contributed by atoms with E-state index in [0.717, 1.165) is 11.3 Å². The van der Waals surface area contributed by atoms with Crippen molar-refractivity contribution < 1.29 is 14.6 Å². The highest BCUT2D eigenvalue weighted by Crippen LogP contribution is 2.18. The fourth-order valence-electron chi connectivity index (χ4n) is 1.80. The first-order chi connectivity index (χ1) is 9.43. The van der Waals surface area contributed by atoms with Gasteiger partial charge in [0.05, 0.1) is 13.2 Å². The minimum absolute atomic E-state index is 0.0187. The van der Waals surface area contributed by atoms with Crippen molar-refractivity contribution in [3.8, 4) is 5.75 Å². The van der Waals surface area contributed by atoms with E-state index in [4.69, 9.17) is 4.74 Å². The number of carbonyl (C=O) groups is 1. The highest BCUT2D eigenvalue weighted by atomic mass is 16.5. The van der Waals surface area contributed by atoms with Crippen molar-refractivity contribution in [2.45, 2.75) is 25.5 Å². The standard InChI is InChI=1S/C15H24N2O3/c1-11(8-15(19)17(2)3)16-10-14(18)12-6-5-7-13(9-12)20-4/h5-7,9,11,14,16,18H,8,10H2,1-4H3. The summed E-state index contributed by atoms with van der Waals surface area (Å²) in [6.45, 7) is 2.33. The van der Waals surface area contributed by atoms with Gasteiger partial charge in [0.1, 0.15) is 5.75 Å². The quantitative estimate of drug-likeness (QED) is 0.787. The van der Waals surface area contributed by atoms with Gasteiger partial charge in [-0.3, -0.25) is 4.79 Å². The molecule has 0 aliphatic rings. The molecule has 20 heavy (non-hydrogen) atoms. The smallest absolute Gasteiger partial charge is 0.223 e. The molecule has 5 heteroatoms. The van der Waals surface area contributed by atoms with Crippen LogP contribution in [-0.4, -0.2) is 49.7 Å². The van der Waals surface area contributed by atoms with Crippen LogP contribution < -0.4 is 10.1 Å². The molecule has 1 amide bonds. The van der Waals surface area contributed by atoms with E-state index in [1.54, 1.807) is 26.1 Å². The zero-order valence-corrected chi connectivity index (χ0v) is 12.6. The lowest BCUT2D eigenvalue weighted by Gasteiger charge is -2.19. The second kappa shape index (κ2) is 7.87. The summed E-state index contributed by atoms with van der Waals surface area (Å²) in [6, 6.07) is 7.36. The van der Waals surface area contributed by atoms with E-state index < -0.39 is 6.10 Å². The van der Waals surface area contributed by atoms with Gasteiger partial charge < -0.3 is 20.1 Å². The molecule has 0 aromatic heterocycles. The second-order valence-corrected chi connectivity index (χ2v) is 5.09. The maximum atomic E-state index is 11.6. The molecule has 0 radical (unpaired) electrons. The lowest BCUT2D eigenvalue weighted by Crippen LogP contribution is -2.35. The zero-order chi connectivity index (χ0) is 15.1. The molecule has 1 rings (SSSR count). The van der Waals surface area contributed by atoms with Gasteiger partial charge >= 0.3 is 0 Å². The first kappa shape index (κ1) is 16.5. The van der Waals surface area contributed by atoms with E-state index in [0.29, 0.717) is 13.0 Å². The Morgan fingerprint density at radius 1 is 1.45 bits per heavy atom. The molecule has 1 aromatic carbocycles. The molecule has 5 nitrogen and oxygen atoms in total. The first-order valence-corrected chi connectivity index (χ1v) is 6.69. The summed E-state index contributed by atoms with van der Waals surface area (Å²) >= 11 is 0. The summed E-state index contributed by atoms with van der Waals surface area (Å²) in [5.41, 5.74) is 0.794. The van der Waals surface area contributed by atoms with E-state index in [9.17, 15) is 9.90 Å². The third-order valence-electron chi connectivity index (χ3n) is 3.12.